The lowest BCUT2D eigenvalue weighted by atomic mass is 10.0. The highest BCUT2D eigenvalue weighted by Crippen LogP contribution is 2.32. The molecule has 6 heteroatoms. The number of nitrogens with one attached hydrogen (secondary N) is 1. The molecule has 0 atom stereocenters. The van der Waals surface area contributed by atoms with Crippen molar-refractivity contribution in [2.24, 2.45) is 0 Å². The molecule has 1 aromatic heterocycles. The lowest BCUT2D eigenvalue weighted by Crippen LogP contribution is -2.41. The van der Waals surface area contributed by atoms with Crippen LogP contribution in [0.4, 0.5) is 13.2 Å². The normalized spacial score (nSPS) is 16.1. The number of halogens is 3. The van der Waals surface area contributed by atoms with Crippen molar-refractivity contribution in [3.05, 3.63) is 83.6 Å². The molecule has 30 heavy (non-hydrogen) atoms. The van der Waals surface area contributed by atoms with Crippen LogP contribution in [0.25, 0.3) is 11.3 Å². The molecule has 4 rings (SSSR count). The Morgan fingerprint density at radius 3 is 2.43 bits per heavy atom. The van der Waals surface area contributed by atoms with E-state index in [-0.39, 0.29) is 0 Å². The fourth-order valence-electron chi connectivity index (χ4n) is 3.86. The molecule has 1 aliphatic heterocycles. The Balaban J connectivity index is 1.27. The molecule has 0 bridgehead atoms. The third-order valence-corrected chi connectivity index (χ3v) is 5.54. The van der Waals surface area contributed by atoms with Crippen LogP contribution in [-0.2, 0) is 19.3 Å². The number of piperidine rings is 1. The van der Waals surface area contributed by atoms with Crippen LogP contribution in [0.5, 0.6) is 0 Å². The zero-order valence-electron chi connectivity index (χ0n) is 16.7. The van der Waals surface area contributed by atoms with Gasteiger partial charge in [-0.3, -0.25) is 4.90 Å². The van der Waals surface area contributed by atoms with Gasteiger partial charge in [-0.15, -0.1) is 0 Å². The van der Waals surface area contributed by atoms with Crippen molar-refractivity contribution in [3.8, 4) is 11.3 Å². The Labute approximate surface area is 174 Å². The molecule has 1 aliphatic rings. The van der Waals surface area contributed by atoms with Gasteiger partial charge in [0.2, 0.25) is 0 Å². The van der Waals surface area contributed by atoms with Crippen molar-refractivity contribution >= 4 is 0 Å². The molecule has 3 nitrogen and oxygen atoms in total. The highest BCUT2D eigenvalue weighted by Gasteiger charge is 2.30. The molecule has 0 amide bonds. The van der Waals surface area contributed by atoms with E-state index < -0.39 is 11.7 Å². The number of nitrogens with zero attached hydrogens (tertiary/aromatic N) is 1. The van der Waals surface area contributed by atoms with Gasteiger partial charge < -0.3 is 9.73 Å². The van der Waals surface area contributed by atoms with E-state index in [4.69, 9.17) is 4.42 Å². The Morgan fingerprint density at radius 1 is 0.933 bits per heavy atom. The lowest BCUT2D eigenvalue weighted by Gasteiger charge is -2.32. The summed E-state index contributed by atoms with van der Waals surface area (Å²) in [5.74, 6) is 1.18. The minimum Gasteiger partial charge on any atom is -0.460 e. The lowest BCUT2D eigenvalue weighted by molar-refractivity contribution is -0.137. The predicted molar refractivity (Wildman–Crippen MR) is 111 cm³/mol. The fraction of sp³-hybridized carbons (Fsp3) is 0.333. The summed E-state index contributed by atoms with van der Waals surface area (Å²) in [6.07, 6.45) is -2.23. The maximum atomic E-state index is 12.9. The number of hydrogen-bond acceptors (Lipinski definition) is 3. The SMILES string of the molecule is FC(F)(F)c1cccc(-c2ccc(CNC3CCN(Cc4ccccc4)CC3)o2)c1. The maximum absolute atomic E-state index is 12.9. The molecule has 1 N–H and O–H groups in total. The maximum Gasteiger partial charge on any atom is 0.416 e. The third kappa shape index (κ3) is 5.32. The molecule has 0 saturated carbocycles. The molecule has 0 aliphatic carbocycles. The van der Waals surface area contributed by atoms with Crippen LogP contribution in [0.1, 0.15) is 29.7 Å². The molecule has 0 unspecified atom stereocenters. The van der Waals surface area contributed by atoms with Crippen molar-refractivity contribution in [1.82, 2.24) is 10.2 Å². The summed E-state index contributed by atoms with van der Waals surface area (Å²) in [6.45, 7) is 3.63. The summed E-state index contributed by atoms with van der Waals surface area (Å²) < 4.78 is 44.6. The summed E-state index contributed by atoms with van der Waals surface area (Å²) in [5, 5.41) is 3.52. The number of hydrogen-bond donors (Lipinski definition) is 1. The van der Waals surface area contributed by atoms with Crippen LogP contribution in [0.2, 0.25) is 0 Å². The average molecular weight is 414 g/mol. The molecule has 1 saturated heterocycles. The van der Waals surface area contributed by atoms with Gasteiger partial charge in [0.1, 0.15) is 11.5 Å². The standard InChI is InChI=1S/C24H25F3N2O/c25-24(26,27)20-8-4-7-19(15-20)23-10-9-22(30-23)16-28-21-11-13-29(14-12-21)17-18-5-2-1-3-6-18/h1-10,15,21,28H,11-14,16-17H2. The largest absolute Gasteiger partial charge is 0.460 e. The highest BCUT2D eigenvalue weighted by atomic mass is 19.4. The first-order chi connectivity index (χ1) is 14.5. The second-order valence-corrected chi connectivity index (χ2v) is 7.76. The second kappa shape index (κ2) is 9.06. The van der Waals surface area contributed by atoms with Gasteiger partial charge in [-0.1, -0.05) is 42.5 Å². The number of alkyl halides is 3. The molecule has 2 aromatic carbocycles. The van der Waals surface area contributed by atoms with Crippen LogP contribution >= 0.6 is 0 Å². The molecule has 1 fully saturated rings. The Bertz CT molecular complexity index is 944. The minimum atomic E-state index is -4.36. The molecule has 158 valence electrons. The van der Waals surface area contributed by atoms with Crippen molar-refractivity contribution in [2.75, 3.05) is 13.1 Å². The first-order valence-corrected chi connectivity index (χ1v) is 10.2. The van der Waals surface area contributed by atoms with Gasteiger partial charge >= 0.3 is 6.18 Å². The van der Waals surface area contributed by atoms with Crippen LogP contribution in [0.15, 0.2) is 71.1 Å². The number of furan rings is 1. The van der Waals surface area contributed by atoms with E-state index in [9.17, 15) is 13.2 Å². The number of benzene rings is 2. The number of likely N-dealkylation sites (tertiary alicyclic amines) is 1. The molecular formula is C24H25F3N2O. The Morgan fingerprint density at radius 2 is 1.70 bits per heavy atom. The van der Waals surface area contributed by atoms with E-state index >= 15 is 0 Å². The Kier molecular flexibility index (Phi) is 6.25. The Hall–Kier alpha value is -2.57. The zero-order chi connectivity index (χ0) is 21.0. The number of rotatable bonds is 6. The first-order valence-electron chi connectivity index (χ1n) is 10.2. The highest BCUT2D eigenvalue weighted by molar-refractivity contribution is 5.58. The quantitative estimate of drug-likeness (QED) is 0.559. The van der Waals surface area contributed by atoms with E-state index in [0.717, 1.165) is 50.4 Å². The first kappa shape index (κ1) is 20.7. The van der Waals surface area contributed by atoms with Crippen LogP contribution in [0.3, 0.4) is 0 Å². The third-order valence-electron chi connectivity index (χ3n) is 5.54. The van der Waals surface area contributed by atoms with E-state index in [1.165, 1.54) is 11.6 Å². The summed E-state index contributed by atoms with van der Waals surface area (Å²) in [6, 6.07) is 19.7. The monoisotopic (exact) mass is 414 g/mol. The van der Waals surface area contributed by atoms with Crippen molar-refractivity contribution in [2.45, 2.75) is 38.1 Å². The van der Waals surface area contributed by atoms with Gasteiger partial charge in [0, 0.05) is 18.2 Å². The van der Waals surface area contributed by atoms with Crippen molar-refractivity contribution in [1.29, 1.82) is 0 Å². The van der Waals surface area contributed by atoms with Crippen LogP contribution in [0, 0.1) is 0 Å². The van der Waals surface area contributed by atoms with Gasteiger partial charge in [-0.25, -0.2) is 0 Å². The van der Waals surface area contributed by atoms with Gasteiger partial charge in [0.25, 0.3) is 0 Å². The minimum absolute atomic E-state index is 0.416. The summed E-state index contributed by atoms with van der Waals surface area (Å²) in [7, 11) is 0. The summed E-state index contributed by atoms with van der Waals surface area (Å²) >= 11 is 0. The van der Waals surface area contributed by atoms with Crippen molar-refractivity contribution < 1.29 is 17.6 Å². The van der Waals surface area contributed by atoms with E-state index in [1.54, 1.807) is 12.1 Å². The second-order valence-electron chi connectivity index (χ2n) is 7.76. The predicted octanol–water partition coefficient (Wildman–Crippen LogP) is 5.72. The summed E-state index contributed by atoms with van der Waals surface area (Å²) in [4.78, 5) is 2.46. The van der Waals surface area contributed by atoms with E-state index in [1.807, 2.05) is 12.1 Å². The van der Waals surface area contributed by atoms with Crippen LogP contribution < -0.4 is 5.32 Å². The smallest absolute Gasteiger partial charge is 0.416 e. The molecule has 3 aromatic rings. The molecular weight excluding hydrogens is 389 g/mol. The molecule has 2 heterocycles. The van der Waals surface area contributed by atoms with Gasteiger partial charge in [0.05, 0.1) is 12.1 Å². The van der Waals surface area contributed by atoms with Gasteiger partial charge in [-0.2, -0.15) is 13.2 Å². The van der Waals surface area contributed by atoms with E-state index in [2.05, 4.69) is 34.5 Å². The average Bonchev–Trinajstić information content (AvgIpc) is 3.23. The molecule has 0 spiro atoms. The van der Waals surface area contributed by atoms with Crippen LogP contribution in [-0.4, -0.2) is 24.0 Å². The summed E-state index contributed by atoms with van der Waals surface area (Å²) in [5.41, 5.74) is 1.10. The zero-order valence-corrected chi connectivity index (χ0v) is 16.7. The fourth-order valence-corrected chi connectivity index (χ4v) is 3.86. The van der Waals surface area contributed by atoms with Crippen molar-refractivity contribution in [3.63, 3.8) is 0 Å². The molecule has 0 radical (unpaired) electrons. The van der Waals surface area contributed by atoms with Gasteiger partial charge in [0.15, 0.2) is 0 Å². The van der Waals surface area contributed by atoms with E-state index in [0.29, 0.717) is 23.9 Å². The van der Waals surface area contributed by atoms with Gasteiger partial charge in [-0.05, 0) is 55.8 Å². The topological polar surface area (TPSA) is 28.4 Å².